The lowest BCUT2D eigenvalue weighted by atomic mass is 10.0. The van der Waals surface area contributed by atoms with Gasteiger partial charge in [-0.25, -0.2) is 0 Å². The molecule has 8 heteroatoms. The van der Waals surface area contributed by atoms with E-state index < -0.39 is 22.8 Å². The summed E-state index contributed by atoms with van der Waals surface area (Å²) in [5.41, 5.74) is 0.830. The molecular formula is C14H11NO6S. The van der Waals surface area contributed by atoms with Gasteiger partial charge in [-0.1, -0.05) is 0 Å². The van der Waals surface area contributed by atoms with Crippen LogP contribution in [-0.2, 0) is 20.9 Å². The van der Waals surface area contributed by atoms with Crippen LogP contribution in [0.4, 0.5) is 5.69 Å². The number of nitrogens with zero attached hydrogens (tertiary/aromatic N) is 1. The molecule has 1 atom stereocenters. The van der Waals surface area contributed by atoms with Crippen LogP contribution in [0.2, 0.25) is 0 Å². The predicted molar refractivity (Wildman–Crippen MR) is 77.6 cm³/mol. The van der Waals surface area contributed by atoms with E-state index in [1.165, 1.54) is 35.6 Å². The Labute approximate surface area is 128 Å². The third kappa shape index (κ3) is 3.67. The number of ether oxygens (including phenoxy) is 1. The first-order valence-electron chi connectivity index (χ1n) is 6.14. The van der Waals surface area contributed by atoms with Crippen LogP contribution in [0.5, 0.6) is 0 Å². The van der Waals surface area contributed by atoms with E-state index in [4.69, 9.17) is 9.84 Å². The van der Waals surface area contributed by atoms with E-state index in [0.29, 0.717) is 11.1 Å². The SMILES string of the molecule is O=C(O)C(C(=O)OCc1ccc([N+](=O)[O-])cc1)c1ccsc1. The zero-order valence-corrected chi connectivity index (χ0v) is 12.0. The van der Waals surface area contributed by atoms with Gasteiger partial charge >= 0.3 is 11.9 Å². The van der Waals surface area contributed by atoms with Crippen LogP contribution >= 0.6 is 11.3 Å². The van der Waals surface area contributed by atoms with Crippen LogP contribution in [0.1, 0.15) is 17.0 Å². The lowest BCUT2D eigenvalue weighted by molar-refractivity contribution is -0.384. The highest BCUT2D eigenvalue weighted by Crippen LogP contribution is 2.21. The summed E-state index contributed by atoms with van der Waals surface area (Å²) in [6.45, 7) is -0.148. The molecule has 0 aliphatic heterocycles. The van der Waals surface area contributed by atoms with Gasteiger partial charge in [0.1, 0.15) is 6.61 Å². The molecule has 114 valence electrons. The second-order valence-corrected chi connectivity index (χ2v) is 5.14. The third-order valence-electron chi connectivity index (χ3n) is 2.89. The number of nitro benzene ring substituents is 1. The minimum atomic E-state index is -1.37. The number of carbonyl (C=O) groups is 2. The van der Waals surface area contributed by atoms with Gasteiger partial charge in [0.15, 0.2) is 5.92 Å². The van der Waals surface area contributed by atoms with Crippen LogP contribution in [0.3, 0.4) is 0 Å². The largest absolute Gasteiger partial charge is 0.480 e. The summed E-state index contributed by atoms with van der Waals surface area (Å²) in [6.07, 6.45) is 0. The maximum Gasteiger partial charge on any atom is 0.325 e. The van der Waals surface area contributed by atoms with Crippen molar-refractivity contribution >= 4 is 29.0 Å². The van der Waals surface area contributed by atoms with E-state index in [2.05, 4.69) is 0 Å². The smallest absolute Gasteiger partial charge is 0.325 e. The highest BCUT2D eigenvalue weighted by molar-refractivity contribution is 7.08. The van der Waals surface area contributed by atoms with E-state index in [1.807, 2.05) is 0 Å². The summed E-state index contributed by atoms with van der Waals surface area (Å²) in [5, 5.41) is 22.9. The molecule has 0 amide bonds. The molecule has 1 aromatic heterocycles. The fourth-order valence-electron chi connectivity index (χ4n) is 1.77. The van der Waals surface area contributed by atoms with Gasteiger partial charge in [0.2, 0.25) is 0 Å². The lowest BCUT2D eigenvalue weighted by Gasteiger charge is -2.11. The van der Waals surface area contributed by atoms with Crippen molar-refractivity contribution < 1.29 is 24.4 Å². The normalized spacial score (nSPS) is 11.6. The Bertz CT molecular complexity index is 680. The van der Waals surface area contributed by atoms with Crippen LogP contribution in [0.15, 0.2) is 41.1 Å². The third-order valence-corrected chi connectivity index (χ3v) is 3.59. The molecule has 0 aliphatic rings. The van der Waals surface area contributed by atoms with Gasteiger partial charge in [0.25, 0.3) is 5.69 Å². The predicted octanol–water partition coefficient (Wildman–Crippen LogP) is 2.57. The highest BCUT2D eigenvalue weighted by Gasteiger charge is 2.30. The van der Waals surface area contributed by atoms with Crippen LogP contribution in [0.25, 0.3) is 0 Å². The van der Waals surface area contributed by atoms with Crippen molar-refractivity contribution in [1.82, 2.24) is 0 Å². The van der Waals surface area contributed by atoms with E-state index in [0.717, 1.165) is 0 Å². The maximum absolute atomic E-state index is 11.9. The first-order chi connectivity index (χ1) is 10.5. The Morgan fingerprint density at radius 1 is 1.27 bits per heavy atom. The second kappa shape index (κ2) is 6.81. The molecule has 0 saturated heterocycles. The molecule has 2 rings (SSSR count). The van der Waals surface area contributed by atoms with Gasteiger partial charge in [0.05, 0.1) is 4.92 Å². The van der Waals surface area contributed by atoms with Gasteiger partial charge in [-0.2, -0.15) is 11.3 Å². The van der Waals surface area contributed by atoms with Crippen LogP contribution < -0.4 is 0 Å². The Kier molecular flexibility index (Phi) is 4.84. The zero-order chi connectivity index (χ0) is 16.1. The number of esters is 1. The van der Waals surface area contributed by atoms with E-state index in [-0.39, 0.29) is 12.3 Å². The van der Waals surface area contributed by atoms with E-state index in [1.54, 1.807) is 16.8 Å². The van der Waals surface area contributed by atoms with Gasteiger partial charge in [-0.15, -0.1) is 0 Å². The average Bonchev–Trinajstić information content (AvgIpc) is 2.99. The molecule has 7 nitrogen and oxygen atoms in total. The molecule has 0 spiro atoms. The Morgan fingerprint density at radius 3 is 2.45 bits per heavy atom. The highest BCUT2D eigenvalue weighted by atomic mass is 32.1. The van der Waals surface area contributed by atoms with Gasteiger partial charge in [-0.05, 0) is 40.1 Å². The summed E-state index contributed by atoms with van der Waals surface area (Å²) in [5.74, 6) is -3.53. The molecule has 1 aromatic carbocycles. The molecule has 0 bridgehead atoms. The Morgan fingerprint density at radius 2 is 1.95 bits per heavy atom. The molecule has 0 saturated carbocycles. The minimum Gasteiger partial charge on any atom is -0.480 e. The number of benzene rings is 1. The molecule has 0 radical (unpaired) electrons. The number of rotatable bonds is 6. The molecule has 22 heavy (non-hydrogen) atoms. The lowest BCUT2D eigenvalue weighted by Crippen LogP contribution is -2.23. The number of carboxylic acids is 1. The summed E-state index contributed by atoms with van der Waals surface area (Å²) in [7, 11) is 0. The van der Waals surface area contributed by atoms with Crippen molar-refractivity contribution in [2.75, 3.05) is 0 Å². The zero-order valence-electron chi connectivity index (χ0n) is 11.2. The second-order valence-electron chi connectivity index (χ2n) is 4.36. The van der Waals surface area contributed by atoms with E-state index >= 15 is 0 Å². The van der Waals surface area contributed by atoms with Crippen molar-refractivity contribution in [2.24, 2.45) is 0 Å². The minimum absolute atomic E-state index is 0.0724. The molecule has 2 aromatic rings. The Hall–Kier alpha value is -2.74. The molecular weight excluding hydrogens is 310 g/mol. The first-order valence-corrected chi connectivity index (χ1v) is 7.08. The fraction of sp³-hybridized carbons (Fsp3) is 0.143. The number of hydrogen-bond acceptors (Lipinski definition) is 6. The molecule has 0 fully saturated rings. The standard InChI is InChI=1S/C14H11NO6S/c16-13(17)12(10-5-6-22-8-10)14(18)21-7-9-1-3-11(4-2-9)15(19)20/h1-6,8,12H,7H2,(H,16,17). The quantitative estimate of drug-likeness (QED) is 0.379. The molecule has 1 heterocycles. The summed E-state index contributed by atoms with van der Waals surface area (Å²) in [4.78, 5) is 33.1. The molecule has 1 unspecified atom stereocenters. The number of nitro groups is 1. The average molecular weight is 321 g/mol. The van der Waals surface area contributed by atoms with E-state index in [9.17, 15) is 19.7 Å². The Balaban J connectivity index is 2.02. The van der Waals surface area contributed by atoms with Crippen molar-refractivity contribution in [1.29, 1.82) is 0 Å². The molecule has 0 aliphatic carbocycles. The van der Waals surface area contributed by atoms with Crippen molar-refractivity contribution in [3.05, 3.63) is 62.3 Å². The van der Waals surface area contributed by atoms with Crippen molar-refractivity contribution in [2.45, 2.75) is 12.5 Å². The fourth-order valence-corrected chi connectivity index (χ4v) is 2.46. The summed E-state index contributed by atoms with van der Waals surface area (Å²) < 4.78 is 4.99. The summed E-state index contributed by atoms with van der Waals surface area (Å²) in [6, 6.07) is 7.03. The number of thiophene rings is 1. The van der Waals surface area contributed by atoms with Gasteiger partial charge < -0.3 is 9.84 Å². The number of aliphatic carboxylic acids is 1. The van der Waals surface area contributed by atoms with Crippen molar-refractivity contribution in [3.8, 4) is 0 Å². The number of hydrogen-bond donors (Lipinski definition) is 1. The number of carbonyl (C=O) groups excluding carboxylic acids is 1. The monoisotopic (exact) mass is 321 g/mol. The van der Waals surface area contributed by atoms with Gasteiger partial charge in [-0.3, -0.25) is 19.7 Å². The van der Waals surface area contributed by atoms with Crippen LogP contribution in [-0.4, -0.2) is 22.0 Å². The van der Waals surface area contributed by atoms with Crippen LogP contribution in [0, 0.1) is 10.1 Å². The first kappa shape index (κ1) is 15.6. The maximum atomic E-state index is 11.9. The number of carboxylic acid groups (broad SMARTS) is 1. The van der Waals surface area contributed by atoms with Gasteiger partial charge in [0, 0.05) is 12.1 Å². The summed E-state index contributed by atoms with van der Waals surface area (Å²) >= 11 is 1.29. The topological polar surface area (TPSA) is 107 Å². The van der Waals surface area contributed by atoms with Crippen molar-refractivity contribution in [3.63, 3.8) is 0 Å². The molecule has 1 N–H and O–H groups in total. The number of non-ortho nitro benzene ring substituents is 1.